The Morgan fingerprint density at radius 3 is 2.60 bits per heavy atom. The van der Waals surface area contributed by atoms with E-state index in [4.69, 9.17) is 4.74 Å². The second-order valence-corrected chi connectivity index (χ2v) is 6.54. The molecule has 0 saturated heterocycles. The zero-order chi connectivity index (χ0) is 17.5. The molecule has 7 nitrogen and oxygen atoms in total. The van der Waals surface area contributed by atoms with Gasteiger partial charge in [-0.05, 0) is 30.5 Å². The molecule has 1 atom stereocenters. The monoisotopic (exact) mass is 343 g/mol. The van der Waals surface area contributed by atoms with Gasteiger partial charge in [-0.25, -0.2) is 0 Å². The van der Waals surface area contributed by atoms with Crippen LogP contribution in [0.3, 0.4) is 0 Å². The zero-order valence-electron chi connectivity index (χ0n) is 14.6. The third kappa shape index (κ3) is 5.09. The van der Waals surface area contributed by atoms with E-state index in [0.29, 0.717) is 12.4 Å². The summed E-state index contributed by atoms with van der Waals surface area (Å²) in [4.78, 5) is 12.3. The summed E-state index contributed by atoms with van der Waals surface area (Å²) in [6, 6.07) is 7.72. The molecule has 1 aliphatic rings. The summed E-state index contributed by atoms with van der Waals surface area (Å²) in [7, 11) is 0. The van der Waals surface area contributed by atoms with E-state index < -0.39 is 6.10 Å². The van der Waals surface area contributed by atoms with Crippen molar-refractivity contribution in [2.24, 2.45) is 0 Å². The van der Waals surface area contributed by atoms with Crippen molar-refractivity contribution in [3.8, 4) is 11.4 Å². The molecule has 2 N–H and O–H groups in total. The van der Waals surface area contributed by atoms with E-state index in [1.165, 1.54) is 25.7 Å². The van der Waals surface area contributed by atoms with Gasteiger partial charge in [-0.15, -0.1) is 10.2 Å². The van der Waals surface area contributed by atoms with Crippen LogP contribution in [0, 0.1) is 0 Å². The van der Waals surface area contributed by atoms with Crippen LogP contribution in [0.15, 0.2) is 24.3 Å². The Bertz CT molecular complexity index is 649. The molecule has 1 fully saturated rings. The number of hydrogen-bond acceptors (Lipinski definition) is 5. The Balaban J connectivity index is 1.46. The van der Waals surface area contributed by atoms with Gasteiger partial charge in [0.15, 0.2) is 0 Å². The van der Waals surface area contributed by atoms with Crippen LogP contribution in [0.2, 0.25) is 0 Å². The smallest absolute Gasteiger partial charge is 0.249 e. The Labute approximate surface area is 147 Å². The molecule has 0 bridgehead atoms. The van der Waals surface area contributed by atoms with Gasteiger partial charge in [0.1, 0.15) is 6.10 Å². The second kappa shape index (κ2) is 8.71. The van der Waals surface area contributed by atoms with Gasteiger partial charge in [0.2, 0.25) is 11.7 Å². The molecule has 0 unspecified atom stereocenters. The molecule has 2 aromatic rings. The zero-order valence-corrected chi connectivity index (χ0v) is 14.6. The lowest BCUT2D eigenvalue weighted by atomic mass is 10.1. The number of nitrogens with one attached hydrogen (secondary N) is 2. The molecule has 134 valence electrons. The van der Waals surface area contributed by atoms with Crippen LogP contribution in [0.25, 0.3) is 11.4 Å². The van der Waals surface area contributed by atoms with Crippen molar-refractivity contribution < 1.29 is 9.53 Å². The number of rotatable bonds is 6. The molecular formula is C18H25N5O2. The van der Waals surface area contributed by atoms with Crippen LogP contribution in [-0.4, -0.2) is 38.7 Å². The minimum absolute atomic E-state index is 0.0634. The number of ether oxygens (including phenoxy) is 1. The minimum atomic E-state index is -0.415. The number of carbonyl (C=O) groups is 1. The number of aromatic nitrogens is 4. The minimum Gasteiger partial charge on any atom is -0.365 e. The molecule has 0 spiro atoms. The summed E-state index contributed by atoms with van der Waals surface area (Å²) in [5.41, 5.74) is 1.90. The Morgan fingerprint density at radius 2 is 1.96 bits per heavy atom. The van der Waals surface area contributed by atoms with Gasteiger partial charge in [-0.1, -0.05) is 49.9 Å². The van der Waals surface area contributed by atoms with Crippen molar-refractivity contribution >= 4 is 5.91 Å². The normalized spacial score (nSPS) is 17.0. The highest BCUT2D eigenvalue weighted by molar-refractivity contribution is 5.80. The van der Waals surface area contributed by atoms with Gasteiger partial charge < -0.3 is 10.1 Å². The van der Waals surface area contributed by atoms with Crippen molar-refractivity contribution in [3.63, 3.8) is 0 Å². The highest BCUT2D eigenvalue weighted by Gasteiger charge is 2.20. The second-order valence-electron chi connectivity index (χ2n) is 6.54. The first-order valence-electron chi connectivity index (χ1n) is 8.98. The first-order chi connectivity index (χ1) is 12.2. The van der Waals surface area contributed by atoms with Gasteiger partial charge in [0, 0.05) is 12.1 Å². The lowest BCUT2D eigenvalue weighted by molar-refractivity contribution is -0.136. The van der Waals surface area contributed by atoms with Gasteiger partial charge in [-0.3, -0.25) is 4.79 Å². The number of amides is 1. The Kier molecular flexibility index (Phi) is 6.11. The fraction of sp³-hybridized carbons (Fsp3) is 0.556. The van der Waals surface area contributed by atoms with Crippen molar-refractivity contribution in [2.75, 3.05) is 0 Å². The third-order valence-electron chi connectivity index (χ3n) is 4.59. The van der Waals surface area contributed by atoms with E-state index in [1.807, 2.05) is 31.2 Å². The fourth-order valence-electron chi connectivity index (χ4n) is 3.12. The number of H-pyrrole nitrogens is 1. The fourth-order valence-corrected chi connectivity index (χ4v) is 3.12. The van der Waals surface area contributed by atoms with Gasteiger partial charge >= 0.3 is 0 Å². The predicted molar refractivity (Wildman–Crippen MR) is 93.5 cm³/mol. The maximum Gasteiger partial charge on any atom is 0.249 e. The number of carbonyl (C=O) groups excluding carboxylic acids is 1. The molecule has 1 saturated carbocycles. The first kappa shape index (κ1) is 17.5. The van der Waals surface area contributed by atoms with Crippen LogP contribution >= 0.6 is 0 Å². The van der Waals surface area contributed by atoms with Gasteiger partial charge in [0.05, 0.1) is 6.10 Å². The summed E-state index contributed by atoms with van der Waals surface area (Å²) in [5.74, 6) is 0.493. The summed E-state index contributed by atoms with van der Waals surface area (Å²) < 4.78 is 5.95. The lowest BCUT2D eigenvalue weighted by Gasteiger charge is -2.20. The van der Waals surface area contributed by atoms with Crippen LogP contribution < -0.4 is 5.32 Å². The van der Waals surface area contributed by atoms with Crippen LogP contribution in [-0.2, 0) is 16.1 Å². The van der Waals surface area contributed by atoms with E-state index >= 15 is 0 Å². The number of tetrazole rings is 1. The number of aromatic amines is 1. The van der Waals surface area contributed by atoms with Crippen LogP contribution in [0.5, 0.6) is 0 Å². The summed E-state index contributed by atoms with van der Waals surface area (Å²) in [6.45, 7) is 2.31. The molecule has 1 aromatic carbocycles. The molecule has 1 aliphatic carbocycles. The van der Waals surface area contributed by atoms with E-state index in [9.17, 15) is 4.79 Å². The third-order valence-corrected chi connectivity index (χ3v) is 4.59. The molecule has 0 aliphatic heterocycles. The van der Waals surface area contributed by atoms with Gasteiger partial charge in [0.25, 0.3) is 0 Å². The van der Waals surface area contributed by atoms with E-state index in [-0.39, 0.29) is 12.0 Å². The number of benzene rings is 1. The van der Waals surface area contributed by atoms with Crippen molar-refractivity contribution in [3.05, 3.63) is 29.8 Å². The molecule has 1 aromatic heterocycles. The SMILES string of the molecule is C[C@H](OC1CCCCCC1)C(=O)NCc1ccc(-c2nn[nH]n2)cc1. The van der Waals surface area contributed by atoms with E-state index in [1.54, 1.807) is 0 Å². The quantitative estimate of drug-likeness (QED) is 0.787. The van der Waals surface area contributed by atoms with Crippen molar-refractivity contribution in [1.82, 2.24) is 25.9 Å². The Morgan fingerprint density at radius 1 is 1.24 bits per heavy atom. The predicted octanol–water partition coefficient (Wildman–Crippen LogP) is 2.61. The summed E-state index contributed by atoms with van der Waals surface area (Å²) in [6.07, 6.45) is 6.89. The summed E-state index contributed by atoms with van der Waals surface area (Å²) >= 11 is 0. The highest BCUT2D eigenvalue weighted by Crippen LogP contribution is 2.21. The molecule has 25 heavy (non-hydrogen) atoms. The lowest BCUT2D eigenvalue weighted by Crippen LogP contribution is -2.36. The van der Waals surface area contributed by atoms with Crippen LogP contribution in [0.1, 0.15) is 51.0 Å². The van der Waals surface area contributed by atoms with E-state index in [0.717, 1.165) is 24.0 Å². The average Bonchev–Trinajstić information content (AvgIpc) is 3.05. The first-order valence-corrected chi connectivity index (χ1v) is 8.98. The van der Waals surface area contributed by atoms with Crippen molar-refractivity contribution in [1.29, 1.82) is 0 Å². The number of nitrogens with zero attached hydrogens (tertiary/aromatic N) is 3. The summed E-state index contributed by atoms with van der Waals surface area (Å²) in [5, 5.41) is 16.8. The van der Waals surface area contributed by atoms with E-state index in [2.05, 4.69) is 25.9 Å². The Hall–Kier alpha value is -2.28. The maximum absolute atomic E-state index is 12.3. The maximum atomic E-state index is 12.3. The highest BCUT2D eigenvalue weighted by atomic mass is 16.5. The average molecular weight is 343 g/mol. The van der Waals surface area contributed by atoms with Crippen molar-refractivity contribution in [2.45, 2.75) is 64.2 Å². The number of hydrogen-bond donors (Lipinski definition) is 2. The molecular weight excluding hydrogens is 318 g/mol. The largest absolute Gasteiger partial charge is 0.365 e. The van der Waals surface area contributed by atoms with Crippen LogP contribution in [0.4, 0.5) is 0 Å². The topological polar surface area (TPSA) is 92.8 Å². The standard InChI is InChI=1S/C18H25N5O2/c1-13(25-16-6-4-2-3-5-7-16)18(24)19-12-14-8-10-15(11-9-14)17-20-22-23-21-17/h8-11,13,16H,2-7,12H2,1H3,(H,19,24)(H,20,21,22,23)/t13-/m0/s1. The molecule has 3 rings (SSSR count). The molecule has 1 amide bonds. The molecule has 7 heteroatoms. The van der Waals surface area contributed by atoms with Gasteiger partial charge in [-0.2, -0.15) is 5.21 Å². The molecule has 0 radical (unpaired) electrons. The molecule has 1 heterocycles.